The summed E-state index contributed by atoms with van der Waals surface area (Å²) < 4.78 is 5.69. The molecule has 0 atom stereocenters. The van der Waals surface area contributed by atoms with Crippen molar-refractivity contribution >= 4 is 17.1 Å². The van der Waals surface area contributed by atoms with E-state index in [2.05, 4.69) is 37.9 Å². The van der Waals surface area contributed by atoms with Gasteiger partial charge in [-0.2, -0.15) is 0 Å². The van der Waals surface area contributed by atoms with E-state index in [0.29, 0.717) is 17.0 Å². The highest BCUT2D eigenvalue weighted by molar-refractivity contribution is 5.91. The number of rotatable bonds is 2. The van der Waals surface area contributed by atoms with Gasteiger partial charge in [0.1, 0.15) is 5.52 Å². The van der Waals surface area contributed by atoms with Gasteiger partial charge in [-0.15, -0.1) is 0 Å². The number of carbonyl (C=O) groups excluding carboxylic acids is 1. The van der Waals surface area contributed by atoms with Crippen LogP contribution in [0.15, 0.2) is 46.9 Å². The normalized spacial score (nSPS) is 11.8. The van der Waals surface area contributed by atoms with Crippen molar-refractivity contribution in [3.05, 3.63) is 53.6 Å². The lowest BCUT2D eigenvalue weighted by Crippen LogP contribution is -2.21. The average Bonchev–Trinajstić information content (AvgIpc) is 2.89. The molecule has 0 aliphatic heterocycles. The molecule has 0 fully saturated rings. The van der Waals surface area contributed by atoms with Gasteiger partial charge in [0.15, 0.2) is 5.58 Å². The zero-order chi connectivity index (χ0) is 15.9. The highest BCUT2D eigenvalue weighted by Gasteiger charge is 2.14. The molecule has 112 valence electrons. The summed E-state index contributed by atoms with van der Waals surface area (Å²) in [5.74, 6) is -0.744. The highest BCUT2D eigenvalue weighted by atomic mass is 16.4. The molecule has 0 bridgehead atoms. The third-order valence-electron chi connectivity index (χ3n) is 3.62. The van der Waals surface area contributed by atoms with E-state index in [9.17, 15) is 9.90 Å². The first-order valence-electron chi connectivity index (χ1n) is 7.07. The van der Waals surface area contributed by atoms with Crippen molar-refractivity contribution in [1.82, 2.24) is 4.98 Å². The van der Waals surface area contributed by atoms with E-state index in [1.54, 1.807) is 6.07 Å². The number of aromatic carboxylic acids is 1. The minimum Gasteiger partial charge on any atom is -0.545 e. The first kappa shape index (κ1) is 14.3. The summed E-state index contributed by atoms with van der Waals surface area (Å²) in [6, 6.07) is 12.5. The zero-order valence-corrected chi connectivity index (χ0v) is 12.7. The second-order valence-corrected chi connectivity index (χ2v) is 6.32. The minimum atomic E-state index is -1.22. The molecule has 0 saturated heterocycles. The van der Waals surface area contributed by atoms with Gasteiger partial charge in [-0.3, -0.25) is 0 Å². The number of hydrogen-bond donors (Lipinski definition) is 0. The molecule has 0 aliphatic carbocycles. The largest absolute Gasteiger partial charge is 0.545 e. The van der Waals surface area contributed by atoms with Crippen molar-refractivity contribution in [1.29, 1.82) is 0 Å². The average molecular weight is 294 g/mol. The molecule has 0 unspecified atom stereocenters. The Bertz CT molecular complexity index is 839. The molecule has 1 aromatic heterocycles. The predicted molar refractivity (Wildman–Crippen MR) is 82.5 cm³/mol. The Balaban J connectivity index is 2.01. The fourth-order valence-electron chi connectivity index (χ4n) is 2.29. The summed E-state index contributed by atoms with van der Waals surface area (Å²) in [7, 11) is 0. The number of carbonyl (C=O) groups is 1. The van der Waals surface area contributed by atoms with Gasteiger partial charge in [0, 0.05) is 5.56 Å². The molecule has 0 amide bonds. The number of aromatic nitrogens is 1. The molecule has 0 aliphatic rings. The second kappa shape index (κ2) is 4.98. The van der Waals surface area contributed by atoms with Gasteiger partial charge in [0.25, 0.3) is 0 Å². The minimum absolute atomic E-state index is 0.0865. The molecule has 3 aromatic rings. The summed E-state index contributed by atoms with van der Waals surface area (Å²) in [6.07, 6.45) is 0. The van der Waals surface area contributed by atoms with E-state index in [4.69, 9.17) is 4.42 Å². The van der Waals surface area contributed by atoms with Gasteiger partial charge in [-0.25, -0.2) is 4.98 Å². The number of benzene rings is 2. The van der Waals surface area contributed by atoms with Crippen LogP contribution in [0.1, 0.15) is 36.7 Å². The van der Waals surface area contributed by atoms with Crippen molar-refractivity contribution < 1.29 is 14.3 Å². The Morgan fingerprint density at radius 1 is 1.09 bits per heavy atom. The Morgan fingerprint density at radius 2 is 1.77 bits per heavy atom. The van der Waals surface area contributed by atoms with Crippen molar-refractivity contribution in [3.63, 3.8) is 0 Å². The lowest BCUT2D eigenvalue weighted by molar-refractivity contribution is -0.255. The smallest absolute Gasteiger partial charge is 0.227 e. The van der Waals surface area contributed by atoms with E-state index in [0.717, 1.165) is 5.56 Å². The molecule has 0 spiro atoms. The van der Waals surface area contributed by atoms with Crippen LogP contribution in [-0.2, 0) is 5.41 Å². The molecule has 22 heavy (non-hydrogen) atoms. The lowest BCUT2D eigenvalue weighted by Gasteiger charge is -2.18. The Hall–Kier alpha value is -2.62. The molecular weight excluding hydrogens is 278 g/mol. The number of oxazole rings is 1. The maximum Gasteiger partial charge on any atom is 0.227 e. The third-order valence-corrected chi connectivity index (χ3v) is 3.62. The van der Waals surface area contributed by atoms with Crippen LogP contribution < -0.4 is 5.11 Å². The molecule has 2 aromatic carbocycles. The summed E-state index contributed by atoms with van der Waals surface area (Å²) in [6.45, 7) is 6.47. The summed E-state index contributed by atoms with van der Waals surface area (Å²) in [4.78, 5) is 15.2. The van der Waals surface area contributed by atoms with Crippen LogP contribution >= 0.6 is 0 Å². The summed E-state index contributed by atoms with van der Waals surface area (Å²) in [5.41, 5.74) is 3.33. The van der Waals surface area contributed by atoms with Gasteiger partial charge in [0.2, 0.25) is 5.89 Å². The fraction of sp³-hybridized carbons (Fsp3) is 0.222. The number of carboxylic acids is 1. The molecular formula is C18H16NO3-. The molecule has 0 radical (unpaired) electrons. The lowest BCUT2D eigenvalue weighted by atomic mass is 9.87. The van der Waals surface area contributed by atoms with Crippen molar-refractivity contribution in [2.75, 3.05) is 0 Å². The fourth-order valence-corrected chi connectivity index (χ4v) is 2.29. The molecule has 1 heterocycles. The first-order chi connectivity index (χ1) is 10.3. The van der Waals surface area contributed by atoms with Gasteiger partial charge in [-0.05, 0) is 46.9 Å². The standard InChI is InChI=1S/C18H17NO3/c1-18(2,3)13-7-4-11(5-8-13)16-19-14-10-12(17(20)21)6-9-15(14)22-16/h4-10H,1-3H3,(H,20,21)/p-1. The summed E-state index contributed by atoms with van der Waals surface area (Å²) in [5, 5.41) is 10.9. The second-order valence-electron chi connectivity index (χ2n) is 6.32. The van der Waals surface area contributed by atoms with E-state index in [1.807, 2.05) is 12.1 Å². The predicted octanol–water partition coefficient (Wildman–Crippen LogP) is 3.16. The highest BCUT2D eigenvalue weighted by Crippen LogP contribution is 2.28. The zero-order valence-electron chi connectivity index (χ0n) is 12.7. The quantitative estimate of drug-likeness (QED) is 0.728. The van der Waals surface area contributed by atoms with Crippen LogP contribution in [0, 0.1) is 0 Å². The van der Waals surface area contributed by atoms with E-state index >= 15 is 0 Å². The van der Waals surface area contributed by atoms with Gasteiger partial charge in [-0.1, -0.05) is 32.9 Å². The molecule has 3 rings (SSSR count). The van der Waals surface area contributed by atoms with Crippen LogP contribution in [0.2, 0.25) is 0 Å². The summed E-state index contributed by atoms with van der Waals surface area (Å²) >= 11 is 0. The first-order valence-corrected chi connectivity index (χ1v) is 7.07. The number of nitrogens with zero attached hydrogens (tertiary/aromatic N) is 1. The Morgan fingerprint density at radius 3 is 2.36 bits per heavy atom. The van der Waals surface area contributed by atoms with Crippen molar-refractivity contribution in [2.45, 2.75) is 26.2 Å². The van der Waals surface area contributed by atoms with Crippen LogP contribution in [0.3, 0.4) is 0 Å². The SMILES string of the molecule is CC(C)(C)c1ccc(-c2nc3cc(C(=O)[O-])ccc3o2)cc1. The topological polar surface area (TPSA) is 66.2 Å². The number of carboxylic acid groups (broad SMARTS) is 1. The van der Waals surface area contributed by atoms with E-state index < -0.39 is 5.97 Å². The Labute approximate surface area is 128 Å². The van der Waals surface area contributed by atoms with Crippen LogP contribution in [-0.4, -0.2) is 11.0 Å². The van der Waals surface area contributed by atoms with Crippen molar-refractivity contribution in [3.8, 4) is 11.5 Å². The van der Waals surface area contributed by atoms with Crippen LogP contribution in [0.25, 0.3) is 22.6 Å². The molecule has 0 saturated carbocycles. The molecule has 4 nitrogen and oxygen atoms in total. The molecule has 4 heteroatoms. The number of hydrogen-bond acceptors (Lipinski definition) is 4. The van der Waals surface area contributed by atoms with Gasteiger partial charge >= 0.3 is 0 Å². The van der Waals surface area contributed by atoms with E-state index in [-0.39, 0.29) is 11.0 Å². The maximum atomic E-state index is 10.9. The van der Waals surface area contributed by atoms with Gasteiger partial charge < -0.3 is 14.3 Å². The Kier molecular flexibility index (Phi) is 3.24. The van der Waals surface area contributed by atoms with Crippen LogP contribution in [0.5, 0.6) is 0 Å². The maximum absolute atomic E-state index is 10.9. The van der Waals surface area contributed by atoms with Gasteiger partial charge in [0.05, 0.1) is 5.97 Å². The monoisotopic (exact) mass is 294 g/mol. The van der Waals surface area contributed by atoms with Crippen LogP contribution in [0.4, 0.5) is 0 Å². The van der Waals surface area contributed by atoms with Crippen molar-refractivity contribution in [2.24, 2.45) is 0 Å². The van der Waals surface area contributed by atoms with E-state index in [1.165, 1.54) is 17.7 Å². The number of fused-ring (bicyclic) bond motifs is 1. The third kappa shape index (κ3) is 2.60. The molecule has 0 N–H and O–H groups in total.